The van der Waals surface area contributed by atoms with E-state index in [0.717, 1.165) is 12.8 Å². The first-order valence-electron chi connectivity index (χ1n) is 9.17. The number of rotatable bonds is 6. The molecule has 2 atom stereocenters. The molecule has 144 valence electrons. The number of hydrogen-bond acceptors (Lipinski definition) is 5. The van der Waals surface area contributed by atoms with Crippen molar-refractivity contribution < 1.29 is 24.1 Å². The standard InChI is InChI=1S/C19H33NO5/c1-7-8-9-14(20-16(22)25-17(2,3)4)15(21)13-10-19(13)23-11-18(5,6)12-24-19/h10,14-15,21H,7-9,11-12H2,1-6H3,(H,20,22)/t14-,15?/m0/s1. The van der Waals surface area contributed by atoms with Gasteiger partial charge in [-0.1, -0.05) is 33.6 Å². The molecular formula is C19H33NO5. The first-order chi connectivity index (χ1) is 11.5. The normalized spacial score (nSPS) is 23.6. The second-order valence-corrected chi connectivity index (χ2v) is 8.85. The van der Waals surface area contributed by atoms with Crippen LogP contribution in [0.25, 0.3) is 0 Å². The van der Waals surface area contributed by atoms with Crippen LogP contribution >= 0.6 is 0 Å². The molecule has 0 saturated carbocycles. The molecular weight excluding hydrogens is 322 g/mol. The van der Waals surface area contributed by atoms with Gasteiger partial charge in [-0.05, 0) is 33.3 Å². The molecule has 25 heavy (non-hydrogen) atoms. The molecule has 2 N–H and O–H groups in total. The van der Waals surface area contributed by atoms with E-state index in [-0.39, 0.29) is 5.41 Å². The Kier molecular flexibility index (Phi) is 5.86. The van der Waals surface area contributed by atoms with Crippen LogP contribution in [0.5, 0.6) is 0 Å². The van der Waals surface area contributed by atoms with Crippen molar-refractivity contribution in [3.63, 3.8) is 0 Å². The van der Waals surface area contributed by atoms with Gasteiger partial charge in [0.05, 0.1) is 19.3 Å². The number of amides is 1. The summed E-state index contributed by atoms with van der Waals surface area (Å²) in [5.74, 6) is -0.880. The fourth-order valence-electron chi connectivity index (χ4n) is 2.81. The third-order valence-electron chi connectivity index (χ3n) is 4.29. The van der Waals surface area contributed by atoms with Gasteiger partial charge in [0.2, 0.25) is 5.79 Å². The van der Waals surface area contributed by atoms with Crippen LogP contribution in [0.3, 0.4) is 0 Å². The van der Waals surface area contributed by atoms with Gasteiger partial charge in [0.1, 0.15) is 11.7 Å². The average molecular weight is 355 g/mol. The molecule has 6 heteroatoms. The Hall–Kier alpha value is -1.11. The summed E-state index contributed by atoms with van der Waals surface area (Å²) in [7, 11) is 0. The summed E-state index contributed by atoms with van der Waals surface area (Å²) < 4.78 is 17.0. The summed E-state index contributed by atoms with van der Waals surface area (Å²) in [5.41, 5.74) is 0.0832. The summed E-state index contributed by atoms with van der Waals surface area (Å²) in [6.07, 6.45) is 2.98. The maximum atomic E-state index is 12.1. The molecule has 0 radical (unpaired) electrons. The second-order valence-electron chi connectivity index (χ2n) is 8.85. The zero-order valence-corrected chi connectivity index (χ0v) is 16.3. The number of carbonyl (C=O) groups is 1. The lowest BCUT2D eigenvalue weighted by atomic mass is 9.95. The minimum atomic E-state index is -0.880. The van der Waals surface area contributed by atoms with Gasteiger partial charge in [-0.25, -0.2) is 4.79 Å². The zero-order chi connectivity index (χ0) is 18.9. The van der Waals surface area contributed by atoms with Gasteiger partial charge >= 0.3 is 6.09 Å². The number of nitrogens with one attached hydrogen (secondary N) is 1. The fourth-order valence-corrected chi connectivity index (χ4v) is 2.81. The van der Waals surface area contributed by atoms with Crippen LogP contribution in [0, 0.1) is 5.41 Å². The highest BCUT2D eigenvalue weighted by molar-refractivity contribution is 5.68. The van der Waals surface area contributed by atoms with E-state index in [1.54, 1.807) is 0 Å². The summed E-state index contributed by atoms with van der Waals surface area (Å²) >= 11 is 0. The average Bonchev–Trinajstić information content (AvgIpc) is 3.19. The molecule has 6 nitrogen and oxygen atoms in total. The van der Waals surface area contributed by atoms with Gasteiger partial charge in [-0.2, -0.15) is 0 Å². The predicted octanol–water partition coefficient (Wildman–Crippen LogP) is 3.14. The van der Waals surface area contributed by atoms with Crippen LogP contribution in [0.4, 0.5) is 4.79 Å². The Labute approximate surface area is 150 Å². The van der Waals surface area contributed by atoms with Crippen LogP contribution in [0.15, 0.2) is 11.6 Å². The molecule has 1 aliphatic heterocycles. The molecule has 1 aliphatic carbocycles. The minimum absolute atomic E-state index is 0.0336. The van der Waals surface area contributed by atoms with Crippen LogP contribution in [0.1, 0.15) is 60.8 Å². The van der Waals surface area contributed by atoms with Crippen LogP contribution in [-0.4, -0.2) is 47.9 Å². The van der Waals surface area contributed by atoms with E-state index >= 15 is 0 Å². The molecule has 2 rings (SSSR count). The van der Waals surface area contributed by atoms with Crippen molar-refractivity contribution in [2.45, 2.75) is 84.3 Å². The number of aliphatic hydroxyl groups excluding tert-OH is 1. The molecule has 1 spiro atoms. The van der Waals surface area contributed by atoms with Crippen molar-refractivity contribution in [1.82, 2.24) is 5.32 Å². The van der Waals surface area contributed by atoms with Crippen LogP contribution in [-0.2, 0) is 14.2 Å². The van der Waals surface area contributed by atoms with E-state index in [9.17, 15) is 9.90 Å². The number of aliphatic hydroxyl groups is 1. The van der Waals surface area contributed by atoms with E-state index in [0.29, 0.717) is 25.2 Å². The molecule has 1 unspecified atom stereocenters. The largest absolute Gasteiger partial charge is 0.444 e. The Balaban J connectivity index is 1.96. The van der Waals surface area contributed by atoms with Crippen molar-refractivity contribution >= 4 is 6.09 Å². The van der Waals surface area contributed by atoms with Gasteiger partial charge in [0.25, 0.3) is 0 Å². The van der Waals surface area contributed by atoms with Gasteiger partial charge in [-0.15, -0.1) is 0 Å². The predicted molar refractivity (Wildman–Crippen MR) is 95.2 cm³/mol. The molecule has 1 saturated heterocycles. The lowest BCUT2D eigenvalue weighted by molar-refractivity contribution is -0.233. The molecule has 1 amide bonds. The van der Waals surface area contributed by atoms with Gasteiger partial charge < -0.3 is 24.6 Å². The van der Waals surface area contributed by atoms with Crippen molar-refractivity contribution in [2.75, 3.05) is 13.2 Å². The Morgan fingerprint density at radius 1 is 1.36 bits per heavy atom. The van der Waals surface area contributed by atoms with Gasteiger partial charge in [-0.3, -0.25) is 0 Å². The van der Waals surface area contributed by atoms with Gasteiger partial charge in [0, 0.05) is 11.0 Å². The third-order valence-corrected chi connectivity index (χ3v) is 4.29. The molecule has 0 bridgehead atoms. The summed E-state index contributed by atoms with van der Waals surface area (Å²) in [6.45, 7) is 12.8. The SMILES string of the molecule is CCCC[C@H](NC(=O)OC(C)(C)C)C(O)C1=CC12OCC(C)(C)CO2. The monoisotopic (exact) mass is 355 g/mol. The Morgan fingerprint density at radius 3 is 2.48 bits per heavy atom. The number of ether oxygens (including phenoxy) is 3. The molecule has 1 heterocycles. The third kappa shape index (κ3) is 5.43. The van der Waals surface area contributed by atoms with E-state index in [1.807, 2.05) is 26.8 Å². The number of unbranched alkanes of at least 4 members (excludes halogenated alkanes) is 1. The highest BCUT2D eigenvalue weighted by atomic mass is 16.7. The molecule has 2 aliphatic rings. The van der Waals surface area contributed by atoms with E-state index in [1.165, 1.54) is 0 Å². The quantitative estimate of drug-likeness (QED) is 0.716. The Morgan fingerprint density at radius 2 is 1.96 bits per heavy atom. The van der Waals surface area contributed by atoms with E-state index in [4.69, 9.17) is 14.2 Å². The highest BCUT2D eigenvalue weighted by Gasteiger charge is 2.55. The van der Waals surface area contributed by atoms with E-state index < -0.39 is 29.6 Å². The first kappa shape index (κ1) is 20.2. The topological polar surface area (TPSA) is 77.0 Å². The molecule has 1 fully saturated rings. The van der Waals surface area contributed by atoms with Crippen molar-refractivity contribution in [2.24, 2.45) is 5.41 Å². The number of carbonyl (C=O) groups excluding carboxylic acids is 1. The maximum Gasteiger partial charge on any atom is 0.407 e. The minimum Gasteiger partial charge on any atom is -0.444 e. The van der Waals surface area contributed by atoms with Crippen molar-refractivity contribution in [1.29, 1.82) is 0 Å². The van der Waals surface area contributed by atoms with Crippen molar-refractivity contribution in [3.05, 3.63) is 11.6 Å². The summed E-state index contributed by atoms with van der Waals surface area (Å²) in [4.78, 5) is 12.1. The molecule has 0 aromatic carbocycles. The molecule has 0 aromatic heterocycles. The fraction of sp³-hybridized carbons (Fsp3) is 0.842. The zero-order valence-electron chi connectivity index (χ0n) is 16.3. The second kappa shape index (κ2) is 7.25. The summed E-state index contributed by atoms with van der Waals surface area (Å²) in [5, 5.41) is 13.6. The lowest BCUT2D eigenvalue weighted by Crippen LogP contribution is -2.48. The van der Waals surface area contributed by atoms with Crippen LogP contribution in [0.2, 0.25) is 0 Å². The highest BCUT2D eigenvalue weighted by Crippen LogP contribution is 2.47. The first-order valence-corrected chi connectivity index (χ1v) is 9.17. The maximum absolute atomic E-state index is 12.1. The van der Waals surface area contributed by atoms with Crippen LogP contribution < -0.4 is 5.32 Å². The van der Waals surface area contributed by atoms with Crippen molar-refractivity contribution in [3.8, 4) is 0 Å². The number of alkyl carbamates (subject to hydrolysis) is 1. The smallest absolute Gasteiger partial charge is 0.407 e. The molecule has 0 aromatic rings. The summed E-state index contributed by atoms with van der Waals surface area (Å²) in [6, 6.07) is -0.428. The lowest BCUT2D eigenvalue weighted by Gasteiger charge is -2.37. The Bertz CT molecular complexity index is 510. The number of hydrogen-bond donors (Lipinski definition) is 2. The van der Waals surface area contributed by atoms with E-state index in [2.05, 4.69) is 26.1 Å². The van der Waals surface area contributed by atoms with Gasteiger partial charge in [0.15, 0.2) is 0 Å².